The summed E-state index contributed by atoms with van der Waals surface area (Å²) in [6, 6.07) is 14.9. The van der Waals surface area contributed by atoms with Crippen LogP contribution in [0.2, 0.25) is 0 Å². The molecule has 1 N–H and O–H groups in total. The minimum atomic E-state index is -0.115. The molecule has 5 rings (SSSR count). The highest BCUT2D eigenvalue weighted by Crippen LogP contribution is 2.28. The SMILES string of the molecule is O=C(Nc1cccc(-n2cccn2)c1)N1CCC(c2nc(-c3ccccn3)no2)CC1. The van der Waals surface area contributed by atoms with Crippen molar-refractivity contribution in [3.8, 4) is 17.2 Å². The molecule has 1 aromatic carbocycles. The average molecular weight is 415 g/mol. The quantitative estimate of drug-likeness (QED) is 0.545. The number of amides is 2. The number of carbonyl (C=O) groups is 1. The van der Waals surface area contributed by atoms with E-state index in [9.17, 15) is 4.79 Å². The fourth-order valence-corrected chi connectivity index (χ4v) is 3.68. The van der Waals surface area contributed by atoms with Gasteiger partial charge >= 0.3 is 6.03 Å². The minimum Gasteiger partial charge on any atom is -0.339 e. The predicted octanol–water partition coefficient (Wildman–Crippen LogP) is 3.73. The fraction of sp³-hybridized carbons (Fsp3) is 0.227. The van der Waals surface area contributed by atoms with Gasteiger partial charge in [0.25, 0.3) is 0 Å². The molecule has 0 atom stereocenters. The van der Waals surface area contributed by atoms with Crippen LogP contribution in [0.25, 0.3) is 17.2 Å². The number of likely N-dealkylation sites (tertiary alicyclic amines) is 1. The molecule has 4 aromatic rings. The lowest BCUT2D eigenvalue weighted by Crippen LogP contribution is -2.40. The van der Waals surface area contributed by atoms with Gasteiger partial charge in [-0.3, -0.25) is 4.98 Å². The Hall–Kier alpha value is -4.01. The molecule has 1 aliphatic heterocycles. The summed E-state index contributed by atoms with van der Waals surface area (Å²) in [4.78, 5) is 23.3. The zero-order chi connectivity index (χ0) is 21.0. The van der Waals surface area contributed by atoms with Crippen molar-refractivity contribution in [2.75, 3.05) is 18.4 Å². The van der Waals surface area contributed by atoms with Gasteiger partial charge in [-0.15, -0.1) is 0 Å². The number of anilines is 1. The number of nitrogens with zero attached hydrogens (tertiary/aromatic N) is 6. The van der Waals surface area contributed by atoms with Crippen LogP contribution in [0.4, 0.5) is 10.5 Å². The highest BCUT2D eigenvalue weighted by molar-refractivity contribution is 5.89. The Balaban J connectivity index is 1.19. The van der Waals surface area contributed by atoms with Crippen LogP contribution in [0.3, 0.4) is 0 Å². The van der Waals surface area contributed by atoms with Crippen molar-refractivity contribution in [3.63, 3.8) is 0 Å². The first-order chi connectivity index (χ1) is 15.3. The second-order valence-corrected chi connectivity index (χ2v) is 7.36. The van der Waals surface area contributed by atoms with Crippen LogP contribution in [0.1, 0.15) is 24.7 Å². The first kappa shape index (κ1) is 19.0. The molecule has 0 bridgehead atoms. The predicted molar refractivity (Wildman–Crippen MR) is 114 cm³/mol. The van der Waals surface area contributed by atoms with E-state index in [2.05, 4.69) is 25.5 Å². The number of urea groups is 1. The van der Waals surface area contributed by atoms with Crippen LogP contribution in [0.5, 0.6) is 0 Å². The molecule has 0 aliphatic carbocycles. The number of rotatable bonds is 4. The van der Waals surface area contributed by atoms with Crippen LogP contribution in [0.15, 0.2) is 71.6 Å². The summed E-state index contributed by atoms with van der Waals surface area (Å²) in [5, 5.41) is 11.3. The van der Waals surface area contributed by atoms with E-state index in [1.807, 2.05) is 59.6 Å². The molecule has 1 aliphatic rings. The van der Waals surface area contributed by atoms with E-state index in [0.717, 1.165) is 24.2 Å². The van der Waals surface area contributed by atoms with E-state index in [0.29, 0.717) is 30.5 Å². The number of pyridine rings is 1. The van der Waals surface area contributed by atoms with Crippen molar-refractivity contribution in [2.45, 2.75) is 18.8 Å². The summed E-state index contributed by atoms with van der Waals surface area (Å²) in [5.41, 5.74) is 2.31. The van der Waals surface area contributed by atoms with Crippen molar-refractivity contribution >= 4 is 11.7 Å². The second kappa shape index (κ2) is 8.39. The van der Waals surface area contributed by atoms with E-state index in [4.69, 9.17) is 4.52 Å². The van der Waals surface area contributed by atoms with Crippen LogP contribution in [-0.2, 0) is 0 Å². The molecule has 3 aromatic heterocycles. The lowest BCUT2D eigenvalue weighted by molar-refractivity contribution is 0.187. The molecular weight excluding hydrogens is 394 g/mol. The summed E-state index contributed by atoms with van der Waals surface area (Å²) >= 11 is 0. The summed E-state index contributed by atoms with van der Waals surface area (Å²) in [6.07, 6.45) is 6.82. The van der Waals surface area contributed by atoms with Gasteiger partial charge in [-0.25, -0.2) is 9.48 Å². The van der Waals surface area contributed by atoms with E-state index in [-0.39, 0.29) is 11.9 Å². The number of nitrogens with one attached hydrogen (secondary N) is 1. The third kappa shape index (κ3) is 4.16. The Morgan fingerprint density at radius 1 is 1.06 bits per heavy atom. The molecule has 1 saturated heterocycles. The van der Waals surface area contributed by atoms with Crippen molar-refractivity contribution in [2.24, 2.45) is 0 Å². The molecule has 9 heteroatoms. The van der Waals surface area contributed by atoms with Crippen LogP contribution < -0.4 is 5.32 Å². The lowest BCUT2D eigenvalue weighted by atomic mass is 9.97. The van der Waals surface area contributed by atoms with Gasteiger partial charge in [-0.05, 0) is 49.2 Å². The van der Waals surface area contributed by atoms with Gasteiger partial charge in [-0.1, -0.05) is 17.3 Å². The molecule has 0 saturated carbocycles. The lowest BCUT2D eigenvalue weighted by Gasteiger charge is -2.30. The second-order valence-electron chi connectivity index (χ2n) is 7.36. The van der Waals surface area contributed by atoms with Gasteiger partial charge < -0.3 is 14.7 Å². The van der Waals surface area contributed by atoms with Crippen molar-refractivity contribution in [3.05, 3.63) is 73.0 Å². The summed E-state index contributed by atoms with van der Waals surface area (Å²) in [6.45, 7) is 1.24. The maximum atomic E-state index is 12.7. The molecule has 0 spiro atoms. The van der Waals surface area contributed by atoms with Crippen molar-refractivity contribution < 1.29 is 9.32 Å². The minimum absolute atomic E-state index is 0.115. The fourth-order valence-electron chi connectivity index (χ4n) is 3.68. The zero-order valence-corrected chi connectivity index (χ0v) is 16.8. The van der Waals surface area contributed by atoms with Crippen LogP contribution in [0, 0.1) is 0 Å². The summed E-state index contributed by atoms with van der Waals surface area (Å²) < 4.78 is 7.22. The first-order valence-corrected chi connectivity index (χ1v) is 10.2. The van der Waals surface area contributed by atoms with Crippen molar-refractivity contribution in [1.29, 1.82) is 0 Å². The Labute approximate surface area is 178 Å². The first-order valence-electron chi connectivity index (χ1n) is 10.2. The molecule has 156 valence electrons. The number of hydrogen-bond acceptors (Lipinski definition) is 6. The summed E-state index contributed by atoms with van der Waals surface area (Å²) in [5.74, 6) is 1.23. The average Bonchev–Trinajstić information content (AvgIpc) is 3.53. The molecular formula is C22H21N7O2. The molecule has 0 unspecified atom stereocenters. The molecule has 2 amide bonds. The monoisotopic (exact) mass is 415 g/mol. The zero-order valence-electron chi connectivity index (χ0n) is 16.8. The molecule has 31 heavy (non-hydrogen) atoms. The number of benzene rings is 1. The Bertz CT molecular complexity index is 1150. The van der Waals surface area contributed by atoms with Gasteiger partial charge in [0.05, 0.1) is 5.69 Å². The van der Waals surface area contributed by atoms with E-state index in [1.54, 1.807) is 17.1 Å². The maximum absolute atomic E-state index is 12.7. The number of carbonyl (C=O) groups excluding carboxylic acids is 1. The largest absolute Gasteiger partial charge is 0.339 e. The maximum Gasteiger partial charge on any atom is 0.321 e. The third-order valence-electron chi connectivity index (χ3n) is 5.33. The third-order valence-corrected chi connectivity index (χ3v) is 5.33. The topological polar surface area (TPSA) is 102 Å². The van der Waals surface area contributed by atoms with Crippen LogP contribution in [-0.4, -0.2) is 48.9 Å². The number of hydrogen-bond donors (Lipinski definition) is 1. The Morgan fingerprint density at radius 2 is 1.97 bits per heavy atom. The smallest absolute Gasteiger partial charge is 0.321 e. The number of aromatic nitrogens is 5. The summed E-state index contributed by atoms with van der Waals surface area (Å²) in [7, 11) is 0. The van der Waals surface area contributed by atoms with E-state index < -0.39 is 0 Å². The highest BCUT2D eigenvalue weighted by Gasteiger charge is 2.28. The van der Waals surface area contributed by atoms with Gasteiger partial charge in [0.2, 0.25) is 11.7 Å². The van der Waals surface area contributed by atoms with Gasteiger partial charge in [-0.2, -0.15) is 10.1 Å². The van der Waals surface area contributed by atoms with Gasteiger partial charge in [0.1, 0.15) is 5.69 Å². The Kier molecular flexibility index (Phi) is 5.14. The van der Waals surface area contributed by atoms with Crippen molar-refractivity contribution in [1.82, 2.24) is 29.8 Å². The normalized spacial score (nSPS) is 14.5. The highest BCUT2D eigenvalue weighted by atomic mass is 16.5. The van der Waals surface area contributed by atoms with Crippen LogP contribution >= 0.6 is 0 Å². The van der Waals surface area contributed by atoms with E-state index in [1.165, 1.54) is 0 Å². The van der Waals surface area contributed by atoms with Gasteiger partial charge in [0.15, 0.2) is 0 Å². The molecule has 4 heterocycles. The Morgan fingerprint density at radius 3 is 2.74 bits per heavy atom. The standard InChI is InChI=1S/C22H21N7O2/c30-22(25-17-5-3-6-18(15-17)29-12-4-11-24-29)28-13-8-16(9-14-28)21-26-20(27-31-21)19-7-1-2-10-23-19/h1-7,10-12,15-16H,8-9,13-14H2,(H,25,30). The molecule has 1 fully saturated rings. The number of piperidine rings is 1. The van der Waals surface area contributed by atoms with E-state index >= 15 is 0 Å². The molecule has 9 nitrogen and oxygen atoms in total. The van der Waals surface area contributed by atoms with Gasteiger partial charge in [0, 0.05) is 43.3 Å². The molecule has 0 radical (unpaired) electrons.